The molecule has 1 amide bonds. The number of rotatable bonds is 10. The smallest absolute Gasteiger partial charge is 0.264 e. The third kappa shape index (κ3) is 6.14. The van der Waals surface area contributed by atoms with Crippen LogP contribution in [-0.4, -0.2) is 46.5 Å². The number of anilines is 2. The van der Waals surface area contributed by atoms with E-state index in [0.29, 0.717) is 28.9 Å². The van der Waals surface area contributed by atoms with Crippen LogP contribution in [0.4, 0.5) is 11.6 Å². The number of ether oxygens (including phenoxy) is 2. The van der Waals surface area contributed by atoms with E-state index in [2.05, 4.69) is 42.0 Å². The van der Waals surface area contributed by atoms with Gasteiger partial charge in [0.15, 0.2) is 0 Å². The van der Waals surface area contributed by atoms with E-state index in [4.69, 9.17) is 15.3 Å². The lowest BCUT2D eigenvalue weighted by molar-refractivity contribution is -0.113. The molecule has 12 heteroatoms. The first-order chi connectivity index (χ1) is 15.5. The Bertz CT molecular complexity index is 1110. The molecule has 0 aliphatic heterocycles. The van der Waals surface area contributed by atoms with Gasteiger partial charge in [0.2, 0.25) is 11.1 Å². The lowest BCUT2D eigenvalue weighted by Gasteiger charge is -2.10. The minimum Gasteiger partial charge on any atom is -0.496 e. The summed E-state index contributed by atoms with van der Waals surface area (Å²) in [5.74, 6) is 7.39. The highest BCUT2D eigenvalue weighted by Crippen LogP contribution is 2.25. The summed E-state index contributed by atoms with van der Waals surface area (Å²) in [7, 11) is 1.58. The topological polar surface area (TPSA) is 129 Å². The number of carbonyl (C=O) groups excluding carboxylic acids is 1. The molecular weight excluding hydrogens is 498 g/mol. The average molecular weight is 520 g/mol. The van der Waals surface area contributed by atoms with Gasteiger partial charge in [-0.2, -0.15) is 5.10 Å². The summed E-state index contributed by atoms with van der Waals surface area (Å²) in [5, 5.41) is 15.3. The Kier molecular flexibility index (Phi) is 8.34. The highest BCUT2D eigenvalue weighted by Gasteiger charge is 2.13. The lowest BCUT2D eigenvalue weighted by atomic mass is 10.2. The van der Waals surface area contributed by atoms with E-state index in [0.717, 1.165) is 21.8 Å². The maximum atomic E-state index is 12.3. The monoisotopic (exact) mass is 519 g/mol. The molecule has 0 aliphatic carbocycles. The fourth-order valence-electron chi connectivity index (χ4n) is 2.59. The van der Waals surface area contributed by atoms with Crippen molar-refractivity contribution in [1.29, 1.82) is 0 Å². The third-order valence-corrected chi connectivity index (χ3v) is 5.45. The largest absolute Gasteiger partial charge is 0.496 e. The highest BCUT2D eigenvalue weighted by atomic mass is 79.9. The van der Waals surface area contributed by atoms with E-state index in [9.17, 15) is 4.79 Å². The van der Waals surface area contributed by atoms with Crippen LogP contribution in [0.3, 0.4) is 0 Å². The second-order valence-corrected chi connectivity index (χ2v) is 8.06. The molecule has 1 heterocycles. The molecule has 0 unspecified atom stereocenters. The van der Waals surface area contributed by atoms with E-state index < -0.39 is 0 Å². The van der Waals surface area contributed by atoms with Crippen LogP contribution in [0.1, 0.15) is 12.5 Å². The van der Waals surface area contributed by atoms with Gasteiger partial charge >= 0.3 is 0 Å². The zero-order valence-corrected chi connectivity index (χ0v) is 19.8. The zero-order valence-electron chi connectivity index (χ0n) is 17.4. The maximum Gasteiger partial charge on any atom is 0.264 e. The molecule has 0 radical (unpaired) electrons. The van der Waals surface area contributed by atoms with Gasteiger partial charge < -0.3 is 20.6 Å². The number of nitrogens with zero attached hydrogens (tertiary/aromatic N) is 4. The number of methoxy groups -OCH3 is 1. The number of hydrazone groups is 1. The molecule has 3 aromatic rings. The lowest BCUT2D eigenvalue weighted by Crippen LogP contribution is -2.17. The highest BCUT2D eigenvalue weighted by molar-refractivity contribution is 9.10. The molecule has 32 heavy (non-hydrogen) atoms. The Morgan fingerprint density at radius 2 is 2.09 bits per heavy atom. The summed E-state index contributed by atoms with van der Waals surface area (Å²) in [6.07, 6.45) is 1.58. The maximum absolute atomic E-state index is 12.3. The van der Waals surface area contributed by atoms with Crippen LogP contribution in [0, 0.1) is 0 Å². The first-order valence-electron chi connectivity index (χ1n) is 9.49. The Labute approximate surface area is 197 Å². The zero-order chi connectivity index (χ0) is 22.9. The number of amides is 1. The van der Waals surface area contributed by atoms with E-state index in [1.54, 1.807) is 25.5 Å². The summed E-state index contributed by atoms with van der Waals surface area (Å²) >= 11 is 4.56. The number of nitrogen functional groups attached to an aromatic ring is 1. The normalized spacial score (nSPS) is 10.8. The summed E-state index contributed by atoms with van der Waals surface area (Å²) in [6, 6.07) is 12.8. The van der Waals surface area contributed by atoms with Gasteiger partial charge in [-0.25, -0.2) is 10.1 Å². The van der Waals surface area contributed by atoms with Gasteiger partial charge in [-0.1, -0.05) is 39.8 Å². The van der Waals surface area contributed by atoms with Crippen molar-refractivity contribution in [2.45, 2.75) is 12.1 Å². The van der Waals surface area contributed by atoms with E-state index >= 15 is 0 Å². The summed E-state index contributed by atoms with van der Waals surface area (Å²) in [6.45, 7) is 2.39. The number of aromatic nitrogens is 3. The number of carbonyl (C=O) groups is 1. The SMILES string of the molecule is CCOc1ccccc1NC(=O)CSc1nnc(N/N=C/c2cc(Br)ccc2OC)n1N. The molecule has 0 aliphatic rings. The molecule has 2 aromatic carbocycles. The van der Waals surface area contributed by atoms with Crippen LogP contribution < -0.4 is 26.1 Å². The van der Waals surface area contributed by atoms with Crippen molar-refractivity contribution in [2.24, 2.45) is 5.10 Å². The molecule has 10 nitrogen and oxygen atoms in total. The first-order valence-corrected chi connectivity index (χ1v) is 11.3. The quantitative estimate of drug-likeness (QED) is 0.161. The Morgan fingerprint density at radius 1 is 1.28 bits per heavy atom. The van der Waals surface area contributed by atoms with Gasteiger partial charge in [0, 0.05) is 10.0 Å². The van der Waals surface area contributed by atoms with Crippen LogP contribution in [0.2, 0.25) is 0 Å². The van der Waals surface area contributed by atoms with Crippen molar-refractivity contribution >= 4 is 51.4 Å². The number of hydrogen-bond acceptors (Lipinski definition) is 9. The summed E-state index contributed by atoms with van der Waals surface area (Å²) < 4.78 is 12.9. The summed E-state index contributed by atoms with van der Waals surface area (Å²) in [5.41, 5.74) is 4.10. The minimum absolute atomic E-state index is 0.0916. The van der Waals surface area contributed by atoms with Gasteiger partial charge in [-0.3, -0.25) is 4.79 Å². The fraction of sp³-hybridized carbons (Fsp3) is 0.200. The van der Waals surface area contributed by atoms with Gasteiger partial charge in [-0.05, 0) is 37.3 Å². The molecular formula is C20H22BrN7O3S. The third-order valence-electron chi connectivity index (χ3n) is 4.02. The van der Waals surface area contributed by atoms with E-state index in [-0.39, 0.29) is 17.6 Å². The number of nitrogens with two attached hydrogens (primary N) is 1. The Morgan fingerprint density at radius 3 is 2.88 bits per heavy atom. The van der Waals surface area contributed by atoms with Gasteiger partial charge in [0.25, 0.3) is 5.95 Å². The number of nitrogens with one attached hydrogen (secondary N) is 2. The first kappa shape index (κ1) is 23.4. The van der Waals surface area contributed by atoms with Crippen LogP contribution >= 0.6 is 27.7 Å². The predicted molar refractivity (Wildman–Crippen MR) is 129 cm³/mol. The fourth-order valence-corrected chi connectivity index (χ4v) is 3.62. The standard InChI is InChI=1S/C20H22BrN7O3S/c1-3-31-17-7-5-4-6-15(17)24-18(29)12-32-20-27-26-19(28(20)22)25-23-11-13-10-14(21)8-9-16(13)30-2/h4-11H,3,12,22H2,1-2H3,(H,24,29)(H,25,26)/b23-11+. The molecule has 4 N–H and O–H groups in total. The second-order valence-electron chi connectivity index (χ2n) is 6.20. The molecule has 0 spiro atoms. The van der Waals surface area contributed by atoms with Gasteiger partial charge in [0.1, 0.15) is 11.5 Å². The van der Waals surface area contributed by atoms with E-state index in [1.807, 2.05) is 37.3 Å². The van der Waals surface area contributed by atoms with Crippen LogP contribution in [0.5, 0.6) is 11.5 Å². The Hall–Kier alpha value is -3.25. The van der Waals surface area contributed by atoms with Crippen molar-refractivity contribution in [1.82, 2.24) is 14.9 Å². The van der Waals surface area contributed by atoms with Crippen LogP contribution in [0.15, 0.2) is 57.2 Å². The molecule has 168 valence electrons. The predicted octanol–water partition coefficient (Wildman–Crippen LogP) is 3.34. The van der Waals surface area contributed by atoms with Crippen molar-refractivity contribution < 1.29 is 14.3 Å². The molecule has 0 saturated carbocycles. The molecule has 0 bridgehead atoms. The summed E-state index contributed by atoms with van der Waals surface area (Å²) in [4.78, 5) is 12.3. The molecule has 0 fully saturated rings. The molecule has 0 atom stereocenters. The average Bonchev–Trinajstić information content (AvgIpc) is 3.13. The van der Waals surface area contributed by atoms with E-state index in [1.165, 1.54) is 4.68 Å². The number of para-hydroxylation sites is 2. The van der Waals surface area contributed by atoms with Gasteiger partial charge in [0.05, 0.1) is 31.4 Å². The van der Waals surface area contributed by atoms with Crippen molar-refractivity contribution in [3.8, 4) is 11.5 Å². The van der Waals surface area contributed by atoms with Crippen molar-refractivity contribution in [2.75, 3.05) is 36.1 Å². The molecule has 0 saturated heterocycles. The van der Waals surface area contributed by atoms with Crippen molar-refractivity contribution in [3.05, 3.63) is 52.5 Å². The number of halogens is 1. The Balaban J connectivity index is 1.57. The van der Waals surface area contributed by atoms with Gasteiger partial charge in [-0.15, -0.1) is 10.2 Å². The number of hydrogen-bond donors (Lipinski definition) is 3. The molecule has 1 aromatic heterocycles. The van der Waals surface area contributed by atoms with Crippen molar-refractivity contribution in [3.63, 3.8) is 0 Å². The number of benzene rings is 2. The minimum atomic E-state index is -0.223. The molecule has 3 rings (SSSR count). The number of thioether (sulfide) groups is 1. The second kappa shape index (κ2) is 11.4. The van der Waals surface area contributed by atoms with Crippen LogP contribution in [0.25, 0.3) is 0 Å². The van der Waals surface area contributed by atoms with Crippen LogP contribution in [-0.2, 0) is 4.79 Å².